The van der Waals surface area contributed by atoms with Gasteiger partial charge in [-0.3, -0.25) is 4.79 Å². The number of amides is 1. The number of anilines is 1. The van der Waals surface area contributed by atoms with Crippen LogP contribution in [-0.2, 0) is 9.53 Å². The Kier molecular flexibility index (Phi) is 5.97. The van der Waals surface area contributed by atoms with Crippen molar-refractivity contribution in [3.05, 3.63) is 64.8 Å². The molecule has 0 aliphatic carbocycles. The van der Waals surface area contributed by atoms with Crippen LogP contribution in [-0.4, -0.2) is 30.0 Å². The van der Waals surface area contributed by atoms with Gasteiger partial charge in [-0.15, -0.1) is 0 Å². The molecule has 3 aromatic rings. The zero-order valence-electron chi connectivity index (χ0n) is 15.2. The number of aromatic amines is 1. The number of carbonyl (C=O) groups is 2. The highest BCUT2D eigenvalue weighted by atomic mass is 35.5. The van der Waals surface area contributed by atoms with Gasteiger partial charge < -0.3 is 14.6 Å². The number of nitrogens with zero attached hydrogens (tertiary/aromatic N) is 2. The van der Waals surface area contributed by atoms with E-state index in [0.717, 1.165) is 16.5 Å². The molecule has 0 atom stereocenters. The van der Waals surface area contributed by atoms with Gasteiger partial charge in [0.15, 0.2) is 6.61 Å². The number of carbonyl (C=O) groups excluding carboxylic acids is 2. The molecule has 142 valence electrons. The number of ether oxygens (including phenoxy) is 1. The van der Waals surface area contributed by atoms with E-state index < -0.39 is 18.5 Å². The van der Waals surface area contributed by atoms with E-state index in [1.54, 1.807) is 24.3 Å². The van der Waals surface area contributed by atoms with E-state index in [1.165, 1.54) is 4.90 Å². The number of aryl methyl sites for hydroxylation is 1. The van der Waals surface area contributed by atoms with E-state index in [9.17, 15) is 9.59 Å². The molecule has 1 N–H and O–H groups in total. The summed E-state index contributed by atoms with van der Waals surface area (Å²) in [5, 5.41) is 10.3. The molecule has 0 fully saturated rings. The van der Waals surface area contributed by atoms with Gasteiger partial charge in [-0.05, 0) is 42.8 Å². The summed E-state index contributed by atoms with van der Waals surface area (Å²) in [5.74, 6) is -1.03. The van der Waals surface area contributed by atoms with Crippen molar-refractivity contribution in [1.82, 2.24) is 4.98 Å². The van der Waals surface area contributed by atoms with E-state index >= 15 is 0 Å². The summed E-state index contributed by atoms with van der Waals surface area (Å²) in [7, 11) is 0. The lowest BCUT2D eigenvalue weighted by Crippen LogP contribution is -2.35. The Labute approximate surface area is 167 Å². The Morgan fingerprint density at radius 1 is 1.21 bits per heavy atom. The number of benzene rings is 2. The first-order valence-corrected chi connectivity index (χ1v) is 9.05. The van der Waals surface area contributed by atoms with Gasteiger partial charge in [-0.1, -0.05) is 29.8 Å². The molecule has 7 heteroatoms. The van der Waals surface area contributed by atoms with Crippen molar-refractivity contribution in [2.24, 2.45) is 0 Å². The third kappa shape index (κ3) is 4.33. The van der Waals surface area contributed by atoms with Crippen LogP contribution in [0, 0.1) is 18.3 Å². The van der Waals surface area contributed by atoms with Crippen LogP contribution in [0.5, 0.6) is 0 Å². The number of hydrogen-bond donors (Lipinski definition) is 1. The predicted molar refractivity (Wildman–Crippen MR) is 107 cm³/mol. The molecule has 0 radical (unpaired) electrons. The highest BCUT2D eigenvalue weighted by Gasteiger charge is 2.19. The van der Waals surface area contributed by atoms with E-state index in [4.69, 9.17) is 21.6 Å². The van der Waals surface area contributed by atoms with Crippen molar-refractivity contribution in [1.29, 1.82) is 5.26 Å². The van der Waals surface area contributed by atoms with Crippen LogP contribution in [0.3, 0.4) is 0 Å². The number of esters is 1. The fourth-order valence-electron chi connectivity index (χ4n) is 2.82. The number of halogens is 1. The van der Waals surface area contributed by atoms with Crippen LogP contribution < -0.4 is 4.90 Å². The number of nitrogens with one attached hydrogen (secondary N) is 1. The number of hydrogen-bond acceptors (Lipinski definition) is 4. The quantitative estimate of drug-likeness (QED) is 0.632. The van der Waals surface area contributed by atoms with E-state index in [1.807, 2.05) is 37.3 Å². The first-order chi connectivity index (χ1) is 13.5. The molecule has 1 heterocycles. The number of nitriles is 1. The number of aromatic nitrogens is 1. The third-order valence-corrected chi connectivity index (χ3v) is 4.70. The molecular weight excluding hydrogens is 378 g/mol. The van der Waals surface area contributed by atoms with Gasteiger partial charge >= 0.3 is 5.97 Å². The maximum Gasteiger partial charge on any atom is 0.355 e. The van der Waals surface area contributed by atoms with Crippen molar-refractivity contribution in [2.75, 3.05) is 18.1 Å². The molecule has 28 heavy (non-hydrogen) atoms. The first kappa shape index (κ1) is 19.5. The summed E-state index contributed by atoms with van der Waals surface area (Å²) in [6.07, 6.45) is 0.156. The topological polar surface area (TPSA) is 86.2 Å². The van der Waals surface area contributed by atoms with Gasteiger partial charge in [0.2, 0.25) is 0 Å². The molecule has 0 spiro atoms. The molecule has 0 aliphatic rings. The molecule has 1 aromatic heterocycles. The molecule has 0 saturated heterocycles. The fraction of sp³-hybridized carbons (Fsp3) is 0.190. The number of H-pyrrole nitrogens is 1. The summed E-state index contributed by atoms with van der Waals surface area (Å²) < 4.78 is 5.19. The van der Waals surface area contributed by atoms with Gasteiger partial charge in [-0.25, -0.2) is 4.79 Å². The summed E-state index contributed by atoms with van der Waals surface area (Å²) in [6, 6.07) is 16.3. The van der Waals surface area contributed by atoms with Crippen molar-refractivity contribution in [3.63, 3.8) is 0 Å². The Bertz CT molecular complexity index is 1040. The van der Waals surface area contributed by atoms with Crippen molar-refractivity contribution >= 4 is 40.1 Å². The summed E-state index contributed by atoms with van der Waals surface area (Å²) in [5.41, 5.74) is 2.50. The van der Waals surface area contributed by atoms with Crippen molar-refractivity contribution in [3.8, 4) is 6.07 Å². The summed E-state index contributed by atoms with van der Waals surface area (Å²) in [6.45, 7) is 1.59. The van der Waals surface area contributed by atoms with Gasteiger partial charge in [0, 0.05) is 28.2 Å². The second-order valence-corrected chi connectivity index (χ2v) is 6.64. The molecular formula is C21H18ClN3O3. The zero-order valence-corrected chi connectivity index (χ0v) is 16.0. The van der Waals surface area contributed by atoms with Gasteiger partial charge in [0.1, 0.15) is 5.69 Å². The average Bonchev–Trinajstić information content (AvgIpc) is 3.13. The highest BCUT2D eigenvalue weighted by molar-refractivity contribution is 6.31. The molecule has 0 unspecified atom stereocenters. The lowest BCUT2D eigenvalue weighted by atomic mass is 10.2. The van der Waals surface area contributed by atoms with Crippen molar-refractivity contribution in [2.45, 2.75) is 13.3 Å². The van der Waals surface area contributed by atoms with E-state index in [-0.39, 0.29) is 18.7 Å². The second-order valence-electron chi connectivity index (χ2n) is 6.23. The fourth-order valence-corrected chi connectivity index (χ4v) is 2.94. The largest absolute Gasteiger partial charge is 0.451 e. The van der Waals surface area contributed by atoms with Gasteiger partial charge in [0.25, 0.3) is 5.91 Å². The Balaban J connectivity index is 1.71. The summed E-state index contributed by atoms with van der Waals surface area (Å²) >= 11 is 6.04. The monoisotopic (exact) mass is 395 g/mol. The molecule has 1 amide bonds. The van der Waals surface area contributed by atoms with E-state index in [0.29, 0.717) is 10.7 Å². The molecule has 6 nitrogen and oxygen atoms in total. The lowest BCUT2D eigenvalue weighted by molar-refractivity contribution is -0.121. The number of rotatable bonds is 6. The number of fused-ring (bicyclic) bond motifs is 1. The maximum absolute atomic E-state index is 12.6. The maximum atomic E-state index is 12.6. The second kappa shape index (κ2) is 8.59. The Hall–Kier alpha value is -3.30. The van der Waals surface area contributed by atoms with Crippen LogP contribution in [0.1, 0.15) is 22.5 Å². The minimum absolute atomic E-state index is 0.156. The smallest absolute Gasteiger partial charge is 0.355 e. The van der Waals surface area contributed by atoms with Gasteiger partial charge in [0.05, 0.1) is 12.5 Å². The van der Waals surface area contributed by atoms with Gasteiger partial charge in [-0.2, -0.15) is 5.26 Å². The lowest BCUT2D eigenvalue weighted by Gasteiger charge is -2.22. The predicted octanol–water partition coefficient (Wildman–Crippen LogP) is 4.23. The first-order valence-electron chi connectivity index (χ1n) is 8.68. The zero-order chi connectivity index (χ0) is 20.1. The number of para-hydroxylation sites is 1. The Morgan fingerprint density at radius 3 is 2.71 bits per heavy atom. The van der Waals surface area contributed by atoms with Crippen LogP contribution in [0.2, 0.25) is 5.02 Å². The van der Waals surface area contributed by atoms with E-state index in [2.05, 4.69) is 4.98 Å². The SMILES string of the molecule is Cc1cc(N(CCC#N)C(=O)COC(=O)c2cc3ccccc3[nH]2)ccc1Cl. The average molecular weight is 396 g/mol. The molecule has 0 aliphatic heterocycles. The third-order valence-electron chi connectivity index (χ3n) is 4.28. The normalized spacial score (nSPS) is 10.5. The minimum atomic E-state index is -0.614. The Morgan fingerprint density at radius 2 is 2.00 bits per heavy atom. The standard InChI is InChI=1S/C21H18ClN3O3/c1-14-11-16(7-8-17(14)22)25(10-4-9-23)20(26)13-28-21(27)19-12-15-5-2-3-6-18(15)24-19/h2-3,5-8,11-12,24H,4,10,13H2,1H3. The molecule has 2 aromatic carbocycles. The highest BCUT2D eigenvalue weighted by Crippen LogP contribution is 2.23. The molecule has 0 bridgehead atoms. The van der Waals surface area contributed by atoms with Crippen LogP contribution in [0.4, 0.5) is 5.69 Å². The minimum Gasteiger partial charge on any atom is -0.451 e. The van der Waals surface area contributed by atoms with Crippen LogP contribution >= 0.6 is 11.6 Å². The molecule has 3 rings (SSSR count). The van der Waals surface area contributed by atoms with Crippen molar-refractivity contribution < 1.29 is 14.3 Å². The van der Waals surface area contributed by atoms with Crippen LogP contribution in [0.25, 0.3) is 10.9 Å². The molecule has 0 saturated carbocycles. The summed E-state index contributed by atoms with van der Waals surface area (Å²) in [4.78, 5) is 29.3. The van der Waals surface area contributed by atoms with Crippen LogP contribution in [0.15, 0.2) is 48.5 Å².